The maximum atomic E-state index is 5.93. The summed E-state index contributed by atoms with van der Waals surface area (Å²) in [6, 6.07) is 0.429. The first-order chi connectivity index (χ1) is 7.25. The molecule has 1 aromatic heterocycles. The van der Waals surface area contributed by atoms with Crippen LogP contribution in [0.4, 0.5) is 5.82 Å². The zero-order valence-corrected chi connectivity index (χ0v) is 9.54. The zero-order valence-electron chi connectivity index (χ0n) is 8.78. The predicted octanol–water partition coefficient (Wildman–Crippen LogP) is 1.64. The number of nitrogens with zero attached hydrogens (tertiary/aromatic N) is 3. The molecule has 0 amide bonds. The summed E-state index contributed by atoms with van der Waals surface area (Å²) in [5.41, 5.74) is 0. The molecule has 1 fully saturated rings. The van der Waals surface area contributed by atoms with Crippen LogP contribution >= 0.6 is 11.6 Å². The van der Waals surface area contributed by atoms with E-state index in [2.05, 4.69) is 27.2 Å². The highest BCUT2D eigenvalue weighted by atomic mass is 35.5. The van der Waals surface area contributed by atoms with Gasteiger partial charge in [-0.2, -0.15) is 0 Å². The number of piperidine rings is 1. The van der Waals surface area contributed by atoms with Crippen molar-refractivity contribution in [2.24, 2.45) is 0 Å². The normalized spacial score (nSPS) is 22.7. The van der Waals surface area contributed by atoms with E-state index in [9.17, 15) is 0 Å². The van der Waals surface area contributed by atoms with Gasteiger partial charge in [-0.1, -0.05) is 11.6 Å². The minimum absolute atomic E-state index is 0.429. The molecule has 0 aromatic carbocycles. The van der Waals surface area contributed by atoms with Crippen LogP contribution in [0, 0.1) is 0 Å². The molecule has 82 valence electrons. The standard InChI is InChI=1S/C10H15ClN4/c1-15-6-2-3-8(7-15)14-10-9(11)12-4-5-13-10/h4-5,8H,2-3,6-7H2,1H3,(H,13,14). The van der Waals surface area contributed by atoms with Gasteiger partial charge in [0, 0.05) is 25.0 Å². The molecule has 15 heavy (non-hydrogen) atoms. The molecule has 1 unspecified atom stereocenters. The van der Waals surface area contributed by atoms with E-state index >= 15 is 0 Å². The number of nitrogens with one attached hydrogen (secondary N) is 1. The number of likely N-dealkylation sites (tertiary alicyclic amines) is 1. The summed E-state index contributed by atoms with van der Waals surface area (Å²) in [5, 5.41) is 3.78. The number of hydrogen-bond acceptors (Lipinski definition) is 4. The van der Waals surface area contributed by atoms with Gasteiger partial charge in [0.25, 0.3) is 0 Å². The Balaban J connectivity index is 1.99. The number of rotatable bonds is 2. The van der Waals surface area contributed by atoms with Gasteiger partial charge in [0.2, 0.25) is 0 Å². The van der Waals surface area contributed by atoms with Gasteiger partial charge in [-0.15, -0.1) is 0 Å². The van der Waals surface area contributed by atoms with Gasteiger partial charge >= 0.3 is 0 Å². The van der Waals surface area contributed by atoms with Crippen LogP contribution in [-0.4, -0.2) is 41.0 Å². The van der Waals surface area contributed by atoms with Crippen molar-refractivity contribution in [3.63, 3.8) is 0 Å². The molecule has 0 spiro atoms. The first-order valence-corrected chi connectivity index (χ1v) is 5.55. The first kappa shape index (κ1) is 10.6. The fourth-order valence-corrected chi connectivity index (χ4v) is 2.06. The number of hydrogen-bond donors (Lipinski definition) is 1. The summed E-state index contributed by atoms with van der Waals surface area (Å²) in [7, 11) is 2.13. The van der Waals surface area contributed by atoms with Gasteiger partial charge in [0.1, 0.15) is 0 Å². The minimum atomic E-state index is 0.429. The monoisotopic (exact) mass is 226 g/mol. The van der Waals surface area contributed by atoms with E-state index in [0.29, 0.717) is 17.0 Å². The molecule has 1 aliphatic heterocycles. The van der Waals surface area contributed by atoms with Crippen molar-refractivity contribution < 1.29 is 0 Å². The lowest BCUT2D eigenvalue weighted by molar-refractivity contribution is 0.260. The molecule has 0 saturated carbocycles. The van der Waals surface area contributed by atoms with Crippen molar-refractivity contribution in [3.8, 4) is 0 Å². The topological polar surface area (TPSA) is 41.0 Å². The van der Waals surface area contributed by atoms with Crippen LogP contribution < -0.4 is 5.32 Å². The quantitative estimate of drug-likeness (QED) is 0.833. The summed E-state index contributed by atoms with van der Waals surface area (Å²) >= 11 is 5.93. The van der Waals surface area contributed by atoms with E-state index < -0.39 is 0 Å². The third-order valence-corrected chi connectivity index (χ3v) is 2.90. The molecule has 1 aliphatic rings. The molecule has 1 aromatic rings. The number of likely N-dealkylation sites (N-methyl/N-ethyl adjacent to an activating group) is 1. The lowest BCUT2D eigenvalue weighted by Crippen LogP contribution is -2.40. The van der Waals surface area contributed by atoms with Gasteiger partial charge in [-0.05, 0) is 26.4 Å². The zero-order chi connectivity index (χ0) is 10.7. The Morgan fingerprint density at radius 2 is 2.27 bits per heavy atom. The van der Waals surface area contributed by atoms with Crippen LogP contribution in [-0.2, 0) is 0 Å². The smallest absolute Gasteiger partial charge is 0.171 e. The third kappa shape index (κ3) is 2.79. The highest BCUT2D eigenvalue weighted by molar-refractivity contribution is 6.31. The highest BCUT2D eigenvalue weighted by Crippen LogP contribution is 2.18. The molecular formula is C10H15ClN4. The van der Waals surface area contributed by atoms with Gasteiger partial charge in [-0.25, -0.2) is 9.97 Å². The van der Waals surface area contributed by atoms with Crippen LogP contribution in [0.1, 0.15) is 12.8 Å². The highest BCUT2D eigenvalue weighted by Gasteiger charge is 2.18. The largest absolute Gasteiger partial charge is 0.363 e. The lowest BCUT2D eigenvalue weighted by atomic mass is 10.1. The second-order valence-corrected chi connectivity index (χ2v) is 4.30. The third-order valence-electron chi connectivity index (χ3n) is 2.62. The maximum Gasteiger partial charge on any atom is 0.171 e. The van der Waals surface area contributed by atoms with Crippen LogP contribution in [0.25, 0.3) is 0 Å². The van der Waals surface area contributed by atoms with Crippen molar-refractivity contribution >= 4 is 17.4 Å². The molecule has 0 radical (unpaired) electrons. The Kier molecular flexibility index (Phi) is 3.38. The van der Waals surface area contributed by atoms with Crippen LogP contribution in [0.3, 0.4) is 0 Å². The molecular weight excluding hydrogens is 212 g/mol. The lowest BCUT2D eigenvalue weighted by Gasteiger charge is -2.30. The number of anilines is 1. The van der Waals surface area contributed by atoms with Crippen molar-refractivity contribution in [1.29, 1.82) is 0 Å². The SMILES string of the molecule is CN1CCCC(Nc2nccnc2Cl)C1. The average molecular weight is 227 g/mol. The van der Waals surface area contributed by atoms with Gasteiger partial charge in [0.15, 0.2) is 11.0 Å². The Hall–Kier alpha value is -0.870. The summed E-state index contributed by atoms with van der Waals surface area (Å²) in [5.74, 6) is 0.694. The van der Waals surface area contributed by atoms with E-state index in [1.54, 1.807) is 12.4 Å². The van der Waals surface area contributed by atoms with Crippen LogP contribution in [0.5, 0.6) is 0 Å². The fourth-order valence-electron chi connectivity index (χ4n) is 1.90. The minimum Gasteiger partial charge on any atom is -0.363 e. The summed E-state index contributed by atoms with van der Waals surface area (Å²) in [4.78, 5) is 10.5. The summed E-state index contributed by atoms with van der Waals surface area (Å²) < 4.78 is 0. The molecule has 5 heteroatoms. The molecule has 2 heterocycles. The van der Waals surface area contributed by atoms with Crippen molar-refractivity contribution in [1.82, 2.24) is 14.9 Å². The molecule has 1 N–H and O–H groups in total. The number of halogens is 1. The Bertz CT molecular complexity index is 331. The second kappa shape index (κ2) is 4.77. The van der Waals surface area contributed by atoms with E-state index in [4.69, 9.17) is 11.6 Å². The van der Waals surface area contributed by atoms with Crippen LogP contribution in [0.15, 0.2) is 12.4 Å². The molecule has 1 saturated heterocycles. The second-order valence-electron chi connectivity index (χ2n) is 3.94. The fraction of sp³-hybridized carbons (Fsp3) is 0.600. The summed E-state index contributed by atoms with van der Waals surface area (Å²) in [6.45, 7) is 2.21. The molecule has 2 rings (SSSR count). The van der Waals surface area contributed by atoms with E-state index in [-0.39, 0.29) is 0 Å². The van der Waals surface area contributed by atoms with E-state index in [0.717, 1.165) is 13.0 Å². The van der Waals surface area contributed by atoms with Crippen molar-refractivity contribution in [2.45, 2.75) is 18.9 Å². The molecule has 0 bridgehead atoms. The van der Waals surface area contributed by atoms with Crippen molar-refractivity contribution in [3.05, 3.63) is 17.5 Å². The molecule has 1 atom stereocenters. The molecule has 4 nitrogen and oxygen atoms in total. The predicted molar refractivity (Wildman–Crippen MR) is 61.2 cm³/mol. The van der Waals surface area contributed by atoms with Crippen molar-refractivity contribution in [2.75, 3.05) is 25.5 Å². The maximum absolute atomic E-state index is 5.93. The van der Waals surface area contributed by atoms with Gasteiger partial charge in [-0.3, -0.25) is 0 Å². The Labute approximate surface area is 94.7 Å². The average Bonchev–Trinajstić information content (AvgIpc) is 2.22. The molecule has 0 aliphatic carbocycles. The Morgan fingerprint density at radius 3 is 3.00 bits per heavy atom. The summed E-state index contributed by atoms with van der Waals surface area (Å²) in [6.07, 6.45) is 5.63. The first-order valence-electron chi connectivity index (χ1n) is 5.17. The Morgan fingerprint density at radius 1 is 1.47 bits per heavy atom. The number of aromatic nitrogens is 2. The van der Waals surface area contributed by atoms with Gasteiger partial charge < -0.3 is 10.2 Å². The van der Waals surface area contributed by atoms with Crippen LogP contribution in [0.2, 0.25) is 5.15 Å². The van der Waals surface area contributed by atoms with Gasteiger partial charge in [0.05, 0.1) is 0 Å². The van der Waals surface area contributed by atoms with E-state index in [1.165, 1.54) is 13.0 Å². The van der Waals surface area contributed by atoms with E-state index in [1.807, 2.05) is 0 Å².